The molecule has 2 aromatic rings. The average molecular weight is 733 g/mol. The summed E-state index contributed by atoms with van der Waals surface area (Å²) in [5.41, 5.74) is 0.374. The third-order valence-corrected chi connectivity index (χ3v) is 8.15. The topological polar surface area (TPSA) is 102 Å². The summed E-state index contributed by atoms with van der Waals surface area (Å²) in [5, 5.41) is 7.32. The number of aromatic nitrogens is 1. The molecule has 0 bridgehead atoms. The monoisotopic (exact) mass is 732 g/mol. The first-order valence-corrected chi connectivity index (χ1v) is 16.1. The number of nitrogens with zero attached hydrogens (tertiary/aromatic N) is 1. The minimum Gasteiger partial charge on any atom is -0.448 e. The molecule has 1 aromatic carbocycles. The predicted octanol–water partition coefficient (Wildman–Crippen LogP) is 7.84. The molecule has 1 fully saturated rings. The van der Waals surface area contributed by atoms with Crippen LogP contribution in [-0.2, 0) is 20.7 Å². The molecule has 0 spiro atoms. The van der Waals surface area contributed by atoms with Crippen LogP contribution in [0.3, 0.4) is 0 Å². The number of halogens is 8. The van der Waals surface area contributed by atoms with Gasteiger partial charge in [-0.25, -0.2) is 13.6 Å². The van der Waals surface area contributed by atoms with Gasteiger partial charge in [-0.2, -0.15) is 26.3 Å². The molecule has 3 N–H and O–H groups in total. The van der Waals surface area contributed by atoms with Crippen molar-refractivity contribution in [1.82, 2.24) is 15.6 Å². The van der Waals surface area contributed by atoms with Crippen LogP contribution in [-0.4, -0.2) is 67.8 Å². The number of nitrogens with one attached hydrogen (secondary N) is 3. The van der Waals surface area contributed by atoms with Gasteiger partial charge < -0.3 is 25.4 Å². The van der Waals surface area contributed by atoms with E-state index in [0.29, 0.717) is 11.1 Å². The minimum absolute atomic E-state index is 0.0599. The number of hydrogen-bond acceptors (Lipinski definition) is 6. The lowest BCUT2D eigenvalue weighted by Crippen LogP contribution is -2.49. The lowest BCUT2D eigenvalue weighted by Gasteiger charge is -2.30. The van der Waals surface area contributed by atoms with Gasteiger partial charge in [0, 0.05) is 24.4 Å². The molecular formula is C35H40F8N4O4. The molecule has 8 nitrogen and oxygen atoms in total. The summed E-state index contributed by atoms with van der Waals surface area (Å²) in [4.78, 5) is 28.8. The van der Waals surface area contributed by atoms with Gasteiger partial charge in [-0.15, -0.1) is 0 Å². The molecule has 0 unspecified atom stereocenters. The zero-order chi connectivity index (χ0) is 37.8. The number of hydrogen-bond donors (Lipinski definition) is 3. The number of carbonyl (C=O) groups is 2. The SMILES string of the molecule is C/C=C(\C=C/C(=C(C)CC)C(F)(F)F)[C@@H](CC(=O)Nc1cncc(F)c1CC[C@@H]1CN[C@H](COC(=O)NCC(F)(F)F)CO1)c1ccc(F)cc1. The Bertz CT molecular complexity index is 1560. The number of anilines is 1. The summed E-state index contributed by atoms with van der Waals surface area (Å²) >= 11 is 0. The van der Waals surface area contributed by atoms with Crippen molar-refractivity contribution >= 4 is 17.7 Å². The lowest BCUT2D eigenvalue weighted by molar-refractivity contribution is -0.124. The largest absolute Gasteiger partial charge is 0.448 e. The van der Waals surface area contributed by atoms with Gasteiger partial charge in [0.15, 0.2) is 0 Å². The molecule has 0 aliphatic carbocycles. The van der Waals surface area contributed by atoms with E-state index in [9.17, 15) is 44.7 Å². The van der Waals surface area contributed by atoms with Crippen molar-refractivity contribution in [3.8, 4) is 0 Å². The highest BCUT2D eigenvalue weighted by Gasteiger charge is 2.33. The van der Waals surface area contributed by atoms with E-state index in [1.165, 1.54) is 43.5 Å². The third kappa shape index (κ3) is 13.4. The van der Waals surface area contributed by atoms with Gasteiger partial charge in [-0.3, -0.25) is 9.78 Å². The normalized spacial score (nSPS) is 18.3. The highest BCUT2D eigenvalue weighted by Crippen LogP contribution is 2.34. The predicted molar refractivity (Wildman–Crippen MR) is 174 cm³/mol. The van der Waals surface area contributed by atoms with Gasteiger partial charge in [0.05, 0.1) is 42.4 Å². The highest BCUT2D eigenvalue weighted by atomic mass is 19.4. The second-order valence-electron chi connectivity index (χ2n) is 11.8. The minimum atomic E-state index is -4.60. The number of morpholine rings is 1. The third-order valence-electron chi connectivity index (χ3n) is 8.15. The summed E-state index contributed by atoms with van der Waals surface area (Å²) in [6.07, 6.45) is -4.47. The van der Waals surface area contributed by atoms with E-state index in [1.54, 1.807) is 25.2 Å². The fourth-order valence-electron chi connectivity index (χ4n) is 5.26. The van der Waals surface area contributed by atoms with Crippen LogP contribution in [0, 0.1) is 11.6 Å². The molecule has 51 heavy (non-hydrogen) atoms. The molecule has 0 radical (unpaired) electrons. The molecule has 2 heterocycles. The van der Waals surface area contributed by atoms with Crippen LogP contribution in [0.4, 0.5) is 45.6 Å². The van der Waals surface area contributed by atoms with E-state index in [-0.39, 0.29) is 62.3 Å². The van der Waals surface area contributed by atoms with Crippen molar-refractivity contribution in [3.05, 3.63) is 94.4 Å². The lowest BCUT2D eigenvalue weighted by atomic mass is 9.86. The van der Waals surface area contributed by atoms with Crippen LogP contribution in [0.25, 0.3) is 0 Å². The van der Waals surface area contributed by atoms with Gasteiger partial charge in [-0.1, -0.05) is 36.8 Å². The molecule has 1 saturated heterocycles. The molecule has 3 atom stereocenters. The molecule has 16 heteroatoms. The van der Waals surface area contributed by atoms with Crippen molar-refractivity contribution in [2.75, 3.05) is 31.6 Å². The Morgan fingerprint density at radius 2 is 1.80 bits per heavy atom. The van der Waals surface area contributed by atoms with Crippen molar-refractivity contribution < 1.29 is 54.2 Å². The molecular weight excluding hydrogens is 692 g/mol. The number of allylic oxidation sites excluding steroid dienone is 6. The van der Waals surface area contributed by atoms with E-state index >= 15 is 0 Å². The molecule has 3 rings (SSSR count). The van der Waals surface area contributed by atoms with Gasteiger partial charge in [0.1, 0.15) is 24.8 Å². The standard InChI is InChI=1S/C35H40F8N4O4/c1-4-21(3)29(35(41,42)43)13-8-22(5-2)28(23-6-9-24(36)10-7-23)14-32(48)47-31-17-44-16-30(37)27(31)12-11-26-15-45-25(18-50-26)19-51-33(49)46-20-34(38,39)40/h5-10,13,16-17,25-26,28,45H,4,11-12,14-15,18-20H2,1-3H3,(H,46,49)(H,47,48)/b13-8-,22-5+,29-21?/t25-,26+,28+/m0/s1. The van der Waals surface area contributed by atoms with Crippen LogP contribution in [0.15, 0.2) is 71.6 Å². The van der Waals surface area contributed by atoms with Gasteiger partial charge >= 0.3 is 18.4 Å². The molecule has 280 valence electrons. The van der Waals surface area contributed by atoms with Crippen molar-refractivity contribution in [2.24, 2.45) is 0 Å². The smallest absolute Gasteiger partial charge is 0.416 e. The molecule has 1 aliphatic rings. The first-order chi connectivity index (χ1) is 24.0. The molecule has 0 saturated carbocycles. The van der Waals surface area contributed by atoms with Crippen LogP contribution in [0.1, 0.15) is 57.1 Å². The number of alkyl carbamates (subject to hydrolysis) is 1. The highest BCUT2D eigenvalue weighted by molar-refractivity contribution is 5.92. The summed E-state index contributed by atoms with van der Waals surface area (Å²) in [6.45, 7) is 3.16. The zero-order valence-corrected chi connectivity index (χ0v) is 28.2. The van der Waals surface area contributed by atoms with Gasteiger partial charge in [0.25, 0.3) is 0 Å². The van der Waals surface area contributed by atoms with Crippen LogP contribution < -0.4 is 16.0 Å². The Labute approximate surface area is 290 Å². The van der Waals surface area contributed by atoms with Crippen LogP contribution in [0.5, 0.6) is 0 Å². The van der Waals surface area contributed by atoms with Crippen molar-refractivity contribution in [1.29, 1.82) is 0 Å². The number of ether oxygens (including phenoxy) is 2. The van der Waals surface area contributed by atoms with Gasteiger partial charge in [0.2, 0.25) is 5.91 Å². The van der Waals surface area contributed by atoms with Gasteiger partial charge in [-0.05, 0) is 62.5 Å². The number of benzene rings is 1. The Morgan fingerprint density at radius 1 is 1.10 bits per heavy atom. The average Bonchev–Trinajstić information content (AvgIpc) is 3.07. The van der Waals surface area contributed by atoms with E-state index in [4.69, 9.17) is 9.47 Å². The van der Waals surface area contributed by atoms with E-state index in [2.05, 4.69) is 15.6 Å². The fourth-order valence-corrected chi connectivity index (χ4v) is 5.26. The number of carbonyl (C=O) groups excluding carboxylic acids is 2. The maximum Gasteiger partial charge on any atom is 0.416 e. The number of amides is 2. The van der Waals surface area contributed by atoms with Crippen molar-refractivity contribution in [3.63, 3.8) is 0 Å². The van der Waals surface area contributed by atoms with E-state index in [1.807, 2.05) is 0 Å². The maximum absolute atomic E-state index is 15.0. The maximum atomic E-state index is 15.0. The number of alkyl halides is 6. The quantitative estimate of drug-likeness (QED) is 0.135. The van der Waals surface area contributed by atoms with Crippen LogP contribution in [0.2, 0.25) is 0 Å². The summed E-state index contributed by atoms with van der Waals surface area (Å²) < 4.78 is 117. The molecule has 1 aliphatic heterocycles. The Morgan fingerprint density at radius 3 is 2.39 bits per heavy atom. The van der Waals surface area contributed by atoms with E-state index < -0.39 is 66.2 Å². The molecule has 2 amide bonds. The summed E-state index contributed by atoms with van der Waals surface area (Å²) in [6, 6.07) is 4.76. The Kier molecular flexibility index (Phi) is 15.1. The number of pyridine rings is 1. The van der Waals surface area contributed by atoms with E-state index in [0.717, 1.165) is 12.3 Å². The summed E-state index contributed by atoms with van der Waals surface area (Å²) in [7, 11) is 0. The molecule has 1 aromatic heterocycles. The first-order valence-electron chi connectivity index (χ1n) is 16.1. The fraction of sp³-hybridized carbons (Fsp3) is 0.457. The second kappa shape index (κ2) is 18.8. The Hall–Kier alpha value is -4.31. The van der Waals surface area contributed by atoms with Crippen LogP contribution >= 0.6 is 0 Å². The zero-order valence-electron chi connectivity index (χ0n) is 28.2. The second-order valence-corrected chi connectivity index (χ2v) is 11.8. The summed E-state index contributed by atoms with van der Waals surface area (Å²) in [5.74, 6) is -2.62. The first kappa shape index (κ1) is 41.1. The number of rotatable bonds is 14. The van der Waals surface area contributed by atoms with Crippen molar-refractivity contribution in [2.45, 2.75) is 76.9 Å². The Balaban J connectivity index is 1.68.